The molecule has 1 amide bonds. The Morgan fingerprint density at radius 2 is 1.79 bits per heavy atom. The lowest BCUT2D eigenvalue weighted by Gasteiger charge is -2.29. The number of carboxylic acids is 1. The summed E-state index contributed by atoms with van der Waals surface area (Å²) in [5, 5.41) is 14.6. The second-order valence-corrected chi connectivity index (χ2v) is 11.8. The van der Waals surface area contributed by atoms with Crippen LogP contribution in [0, 0.1) is 18.6 Å². The van der Waals surface area contributed by atoms with Crippen LogP contribution in [0.5, 0.6) is 0 Å². The van der Waals surface area contributed by atoms with Gasteiger partial charge in [-0.15, -0.1) is 0 Å². The van der Waals surface area contributed by atoms with Crippen molar-refractivity contribution in [3.05, 3.63) is 93.0 Å². The number of rotatable bonds is 10. The van der Waals surface area contributed by atoms with Crippen LogP contribution < -0.4 is 16.2 Å². The van der Waals surface area contributed by atoms with E-state index < -0.39 is 59.4 Å². The number of nitrogens with zero attached hydrogens (tertiary/aromatic N) is 2. The van der Waals surface area contributed by atoms with Crippen LogP contribution in [-0.2, 0) is 18.3 Å². The summed E-state index contributed by atoms with van der Waals surface area (Å²) in [6.45, 7) is 3.11. The largest absolute Gasteiger partial charge is 0.480 e. The number of carboxylic acid groups (broad SMARTS) is 1. The lowest BCUT2D eigenvalue weighted by Crippen LogP contribution is -2.43. The Morgan fingerprint density at radius 3 is 2.36 bits per heavy atom. The van der Waals surface area contributed by atoms with Crippen molar-refractivity contribution in [2.45, 2.75) is 70.1 Å². The third-order valence-electron chi connectivity index (χ3n) is 8.82. The van der Waals surface area contributed by atoms with Gasteiger partial charge in [-0.1, -0.05) is 31.5 Å². The van der Waals surface area contributed by atoms with Gasteiger partial charge in [-0.2, -0.15) is 13.2 Å². The number of carbonyl (C=O) groups is 2. The van der Waals surface area contributed by atoms with Crippen LogP contribution >= 0.6 is 0 Å². The summed E-state index contributed by atoms with van der Waals surface area (Å²) in [6, 6.07) is 6.06. The second kappa shape index (κ2) is 13.1. The van der Waals surface area contributed by atoms with Crippen LogP contribution in [0.15, 0.2) is 53.5 Å². The zero-order chi connectivity index (χ0) is 34.2. The molecule has 13 heteroatoms. The van der Waals surface area contributed by atoms with Crippen molar-refractivity contribution in [2.75, 3.05) is 5.32 Å². The maximum atomic E-state index is 14.9. The van der Waals surface area contributed by atoms with E-state index in [1.165, 1.54) is 6.92 Å². The van der Waals surface area contributed by atoms with Gasteiger partial charge in [-0.3, -0.25) is 14.6 Å². The van der Waals surface area contributed by atoms with Gasteiger partial charge in [-0.25, -0.2) is 13.6 Å². The molecule has 1 aliphatic rings. The lowest BCUT2D eigenvalue weighted by molar-refractivity contribution is -0.143. The molecule has 1 saturated carbocycles. The number of aromatic nitrogens is 2. The summed E-state index contributed by atoms with van der Waals surface area (Å²) in [5.74, 6) is -5.59. The van der Waals surface area contributed by atoms with Crippen LogP contribution in [-0.4, -0.2) is 44.8 Å². The number of amides is 1. The maximum Gasteiger partial charge on any atom is 0.408 e. The summed E-state index contributed by atoms with van der Waals surface area (Å²) in [4.78, 5) is 43.4. The van der Waals surface area contributed by atoms with Crippen molar-refractivity contribution in [3.8, 4) is 11.1 Å². The zero-order valence-corrected chi connectivity index (χ0v) is 25.8. The van der Waals surface area contributed by atoms with Gasteiger partial charge in [0.25, 0.3) is 11.5 Å². The molecule has 0 radical (unpaired) electrons. The molecule has 0 unspecified atom stereocenters. The van der Waals surface area contributed by atoms with E-state index in [9.17, 15) is 41.4 Å². The van der Waals surface area contributed by atoms with E-state index in [1.807, 2.05) is 18.3 Å². The number of benzene rings is 2. The van der Waals surface area contributed by atoms with Gasteiger partial charge in [0.1, 0.15) is 29.3 Å². The number of nitrogens with one attached hydrogen (secondary N) is 2. The summed E-state index contributed by atoms with van der Waals surface area (Å²) >= 11 is 0. The predicted molar refractivity (Wildman–Crippen MR) is 166 cm³/mol. The van der Waals surface area contributed by atoms with Crippen LogP contribution in [0.25, 0.3) is 22.0 Å². The van der Waals surface area contributed by atoms with E-state index in [0.29, 0.717) is 39.7 Å². The molecule has 47 heavy (non-hydrogen) atoms. The normalized spacial score (nSPS) is 14.8. The number of fused-ring (bicyclic) bond motifs is 1. The summed E-state index contributed by atoms with van der Waals surface area (Å²) in [7, 11) is 1.69. The summed E-state index contributed by atoms with van der Waals surface area (Å²) in [5.41, 5.74) is 1.89. The minimum absolute atomic E-state index is 0.184. The number of halogens is 5. The van der Waals surface area contributed by atoms with Crippen molar-refractivity contribution in [1.82, 2.24) is 14.9 Å². The molecule has 2 heterocycles. The lowest BCUT2D eigenvalue weighted by atomic mass is 9.77. The first-order valence-corrected chi connectivity index (χ1v) is 15.1. The van der Waals surface area contributed by atoms with Gasteiger partial charge < -0.3 is 20.3 Å². The highest BCUT2D eigenvalue weighted by Crippen LogP contribution is 2.42. The average molecular weight is 657 g/mol. The highest BCUT2D eigenvalue weighted by Gasteiger charge is 2.38. The third kappa shape index (κ3) is 6.70. The highest BCUT2D eigenvalue weighted by molar-refractivity contribution is 5.99. The molecule has 3 N–H and O–H groups in total. The Labute approximate surface area is 266 Å². The monoisotopic (exact) mass is 656 g/mol. The van der Waals surface area contributed by atoms with Gasteiger partial charge in [0.2, 0.25) is 0 Å². The van der Waals surface area contributed by atoms with Gasteiger partial charge in [-0.05, 0) is 67.5 Å². The van der Waals surface area contributed by atoms with Gasteiger partial charge >= 0.3 is 12.1 Å². The number of anilines is 1. The first kappa shape index (κ1) is 33.6. The molecule has 2 atom stereocenters. The Balaban J connectivity index is 1.46. The number of carbonyl (C=O) groups excluding carboxylic acids is 1. The number of hydrogen-bond acceptors (Lipinski definition) is 5. The molecule has 4 aromatic rings. The number of aliphatic carboxylic acids is 1. The van der Waals surface area contributed by atoms with Crippen molar-refractivity contribution >= 4 is 28.5 Å². The number of alkyl halides is 3. The number of aryl methyl sites for hydroxylation is 1. The molecule has 0 spiro atoms. The Kier molecular flexibility index (Phi) is 9.37. The SMILES string of the molecule is CC[C@@H](Nc1cc(F)c(C(=O)N[C@@H](Cc2ccc(-c3c(C4CCC4)cc(C)n(C)c3=O)c3ncccc23)C(=O)O)c(F)c1)C(F)(F)F. The Morgan fingerprint density at radius 1 is 1.11 bits per heavy atom. The molecule has 0 aliphatic heterocycles. The molecule has 5 rings (SSSR count). The van der Waals surface area contributed by atoms with E-state index in [4.69, 9.17) is 0 Å². The van der Waals surface area contributed by atoms with Gasteiger partial charge in [0, 0.05) is 42.0 Å². The van der Waals surface area contributed by atoms with Crippen molar-refractivity contribution < 1.29 is 36.6 Å². The third-order valence-corrected chi connectivity index (χ3v) is 8.82. The first-order valence-electron chi connectivity index (χ1n) is 15.1. The quantitative estimate of drug-likeness (QED) is 0.165. The Bertz CT molecular complexity index is 1900. The average Bonchev–Trinajstić information content (AvgIpc) is 2.97. The molecule has 2 aromatic carbocycles. The molecule has 0 saturated heterocycles. The topological polar surface area (TPSA) is 113 Å². The van der Waals surface area contributed by atoms with E-state index in [2.05, 4.69) is 10.3 Å². The second-order valence-electron chi connectivity index (χ2n) is 11.8. The molecule has 248 valence electrons. The van der Waals surface area contributed by atoms with Crippen molar-refractivity contribution in [2.24, 2.45) is 7.05 Å². The number of pyridine rings is 2. The zero-order valence-electron chi connectivity index (χ0n) is 25.8. The van der Waals surface area contributed by atoms with Crippen LogP contribution in [0.1, 0.15) is 65.7 Å². The van der Waals surface area contributed by atoms with Crippen molar-refractivity contribution in [1.29, 1.82) is 0 Å². The van der Waals surface area contributed by atoms with Crippen LogP contribution in [0.2, 0.25) is 0 Å². The van der Waals surface area contributed by atoms with Crippen molar-refractivity contribution in [3.63, 3.8) is 0 Å². The highest BCUT2D eigenvalue weighted by atomic mass is 19.4. The van der Waals surface area contributed by atoms with E-state index in [-0.39, 0.29) is 17.9 Å². The fraction of sp³-hybridized carbons (Fsp3) is 0.353. The van der Waals surface area contributed by atoms with E-state index in [0.717, 1.165) is 30.5 Å². The molecule has 0 bridgehead atoms. The number of hydrogen-bond donors (Lipinski definition) is 3. The summed E-state index contributed by atoms with van der Waals surface area (Å²) in [6.07, 6.45) is -0.882. The predicted octanol–water partition coefficient (Wildman–Crippen LogP) is 6.63. The smallest absolute Gasteiger partial charge is 0.408 e. The van der Waals surface area contributed by atoms with Gasteiger partial charge in [0.05, 0.1) is 11.1 Å². The molecule has 2 aromatic heterocycles. The van der Waals surface area contributed by atoms with E-state index in [1.54, 1.807) is 42.1 Å². The van der Waals surface area contributed by atoms with Crippen LogP contribution in [0.3, 0.4) is 0 Å². The molecule has 1 aliphatic carbocycles. The Hall–Kier alpha value is -4.81. The first-order chi connectivity index (χ1) is 22.2. The fourth-order valence-electron chi connectivity index (χ4n) is 5.91. The van der Waals surface area contributed by atoms with Gasteiger partial charge in [0.15, 0.2) is 0 Å². The summed E-state index contributed by atoms with van der Waals surface area (Å²) < 4.78 is 70.8. The maximum absolute atomic E-state index is 14.9. The minimum Gasteiger partial charge on any atom is -0.480 e. The molecule has 8 nitrogen and oxygen atoms in total. The molecule has 1 fully saturated rings. The fourth-order valence-corrected chi connectivity index (χ4v) is 5.91. The molecular formula is C34H33F5N4O4. The standard InChI is InChI=1S/C34H33F5N4O4/c1-4-27(34(37,38)39)41-20-15-24(35)29(25(36)16-20)31(44)42-26(33(46)47)14-19-10-11-22(30-21(19)9-6-12-40-30)28-23(18-7-5-8-18)13-17(2)43(3)32(28)45/h6,9-13,15-16,18,26-27,41H,4-5,7-8,14H2,1-3H3,(H,42,44)(H,46,47)/t26-,27+/m0/s1. The minimum atomic E-state index is -4.68. The molecular weight excluding hydrogens is 623 g/mol. The van der Waals surface area contributed by atoms with Crippen LogP contribution in [0.4, 0.5) is 27.6 Å². The van der Waals surface area contributed by atoms with E-state index >= 15 is 0 Å².